The summed E-state index contributed by atoms with van der Waals surface area (Å²) in [5, 5.41) is 5.59. The lowest BCUT2D eigenvalue weighted by Crippen LogP contribution is -2.15. The molecule has 2 rings (SSSR count). The van der Waals surface area contributed by atoms with Crippen molar-refractivity contribution < 1.29 is 9.18 Å². The van der Waals surface area contributed by atoms with Crippen molar-refractivity contribution in [3.8, 4) is 0 Å². The minimum atomic E-state index is -0.385. The Labute approximate surface area is 110 Å². The third kappa shape index (κ3) is 2.88. The minimum Gasteiger partial charge on any atom is -0.386 e. The summed E-state index contributed by atoms with van der Waals surface area (Å²) in [6.45, 7) is 1.81. The van der Waals surface area contributed by atoms with Gasteiger partial charge in [0.05, 0.1) is 17.4 Å². The standard InChI is InChI=1S/C14H14FN3O/c1-9-3-4-10(15)7-12(9)18-14(19)11-5-6-17-8-13(11)16-2/h3-8,16H,1-2H3,(H,18,19). The molecule has 0 saturated carbocycles. The second-order valence-corrected chi connectivity index (χ2v) is 4.08. The molecule has 2 N–H and O–H groups in total. The number of anilines is 2. The first-order valence-corrected chi connectivity index (χ1v) is 5.81. The van der Waals surface area contributed by atoms with Crippen molar-refractivity contribution in [2.75, 3.05) is 17.7 Å². The van der Waals surface area contributed by atoms with E-state index in [0.29, 0.717) is 16.9 Å². The van der Waals surface area contributed by atoms with E-state index in [2.05, 4.69) is 15.6 Å². The topological polar surface area (TPSA) is 54.0 Å². The van der Waals surface area contributed by atoms with Gasteiger partial charge in [-0.25, -0.2) is 4.39 Å². The number of pyridine rings is 1. The lowest BCUT2D eigenvalue weighted by molar-refractivity contribution is 0.102. The van der Waals surface area contributed by atoms with Gasteiger partial charge < -0.3 is 10.6 Å². The molecule has 1 aromatic carbocycles. The Morgan fingerprint density at radius 2 is 2.05 bits per heavy atom. The van der Waals surface area contributed by atoms with Gasteiger partial charge in [-0.3, -0.25) is 9.78 Å². The average molecular weight is 259 g/mol. The van der Waals surface area contributed by atoms with Crippen molar-refractivity contribution >= 4 is 17.3 Å². The van der Waals surface area contributed by atoms with Gasteiger partial charge in [-0.15, -0.1) is 0 Å². The van der Waals surface area contributed by atoms with Crippen molar-refractivity contribution in [3.63, 3.8) is 0 Å². The van der Waals surface area contributed by atoms with Crippen molar-refractivity contribution in [1.82, 2.24) is 4.98 Å². The number of benzene rings is 1. The molecule has 2 aromatic rings. The second-order valence-electron chi connectivity index (χ2n) is 4.08. The van der Waals surface area contributed by atoms with Crippen molar-refractivity contribution in [2.45, 2.75) is 6.92 Å². The van der Waals surface area contributed by atoms with E-state index in [-0.39, 0.29) is 11.7 Å². The van der Waals surface area contributed by atoms with Gasteiger partial charge in [0.1, 0.15) is 5.82 Å². The van der Waals surface area contributed by atoms with E-state index in [1.165, 1.54) is 18.3 Å². The number of rotatable bonds is 3. The Balaban J connectivity index is 2.28. The predicted octanol–water partition coefficient (Wildman–Crippen LogP) is 2.82. The molecule has 0 aliphatic heterocycles. The van der Waals surface area contributed by atoms with Gasteiger partial charge in [-0.05, 0) is 30.7 Å². The van der Waals surface area contributed by atoms with E-state index < -0.39 is 0 Å². The fourth-order valence-electron chi connectivity index (χ4n) is 1.71. The van der Waals surface area contributed by atoms with Crippen LogP contribution >= 0.6 is 0 Å². The number of amides is 1. The molecule has 0 aliphatic rings. The second kappa shape index (κ2) is 5.48. The fourth-order valence-corrected chi connectivity index (χ4v) is 1.71. The van der Waals surface area contributed by atoms with Crippen molar-refractivity contribution in [3.05, 3.63) is 53.6 Å². The molecule has 0 spiro atoms. The molecule has 0 saturated heterocycles. The molecule has 19 heavy (non-hydrogen) atoms. The number of nitrogens with zero attached hydrogens (tertiary/aromatic N) is 1. The molecule has 0 atom stereocenters. The monoisotopic (exact) mass is 259 g/mol. The largest absolute Gasteiger partial charge is 0.386 e. The Morgan fingerprint density at radius 3 is 2.79 bits per heavy atom. The Hall–Kier alpha value is -2.43. The zero-order valence-electron chi connectivity index (χ0n) is 10.7. The predicted molar refractivity (Wildman–Crippen MR) is 72.9 cm³/mol. The van der Waals surface area contributed by atoms with Crippen LogP contribution in [-0.2, 0) is 0 Å². The summed E-state index contributed by atoms with van der Waals surface area (Å²) < 4.78 is 13.2. The highest BCUT2D eigenvalue weighted by atomic mass is 19.1. The highest BCUT2D eigenvalue weighted by molar-refractivity contribution is 6.08. The van der Waals surface area contributed by atoms with Crippen LogP contribution in [0.1, 0.15) is 15.9 Å². The number of carbonyl (C=O) groups is 1. The molecule has 98 valence electrons. The van der Waals surface area contributed by atoms with Gasteiger partial charge >= 0.3 is 0 Å². The summed E-state index contributed by atoms with van der Waals surface area (Å²) in [4.78, 5) is 16.1. The van der Waals surface area contributed by atoms with Gasteiger partial charge in [-0.1, -0.05) is 6.07 Å². The highest BCUT2D eigenvalue weighted by Gasteiger charge is 2.12. The third-order valence-corrected chi connectivity index (χ3v) is 2.78. The first-order chi connectivity index (χ1) is 9.11. The quantitative estimate of drug-likeness (QED) is 0.891. The molecule has 1 aromatic heterocycles. The molecule has 0 unspecified atom stereocenters. The van der Waals surface area contributed by atoms with Crippen molar-refractivity contribution in [2.24, 2.45) is 0 Å². The van der Waals surface area contributed by atoms with Gasteiger partial charge in [0, 0.05) is 18.9 Å². The maximum Gasteiger partial charge on any atom is 0.257 e. The number of aromatic nitrogens is 1. The van der Waals surface area contributed by atoms with Crippen LogP contribution in [0.15, 0.2) is 36.7 Å². The van der Waals surface area contributed by atoms with E-state index in [1.807, 2.05) is 0 Å². The van der Waals surface area contributed by atoms with Crippen LogP contribution in [0.2, 0.25) is 0 Å². The van der Waals surface area contributed by atoms with Gasteiger partial charge in [0.2, 0.25) is 0 Å². The molecule has 1 heterocycles. The summed E-state index contributed by atoms with van der Waals surface area (Å²) in [6.07, 6.45) is 3.10. The highest BCUT2D eigenvalue weighted by Crippen LogP contribution is 2.19. The number of carbonyl (C=O) groups excluding carboxylic acids is 1. The molecular formula is C14H14FN3O. The van der Waals surface area contributed by atoms with Crippen LogP contribution in [0.4, 0.5) is 15.8 Å². The first-order valence-electron chi connectivity index (χ1n) is 5.81. The summed E-state index contributed by atoms with van der Waals surface area (Å²) in [6, 6.07) is 5.89. The Morgan fingerprint density at radius 1 is 1.26 bits per heavy atom. The zero-order chi connectivity index (χ0) is 13.8. The van der Waals surface area contributed by atoms with Gasteiger partial charge in [0.15, 0.2) is 0 Å². The lowest BCUT2D eigenvalue weighted by atomic mass is 10.1. The molecule has 0 radical (unpaired) electrons. The van der Waals surface area contributed by atoms with Gasteiger partial charge in [-0.2, -0.15) is 0 Å². The lowest BCUT2D eigenvalue weighted by Gasteiger charge is -2.11. The summed E-state index contributed by atoms with van der Waals surface area (Å²) >= 11 is 0. The first kappa shape index (κ1) is 13.0. The Bertz CT molecular complexity index is 613. The normalized spacial score (nSPS) is 10.1. The smallest absolute Gasteiger partial charge is 0.257 e. The van der Waals surface area contributed by atoms with E-state index in [4.69, 9.17) is 0 Å². The zero-order valence-corrected chi connectivity index (χ0v) is 10.7. The molecule has 4 nitrogen and oxygen atoms in total. The third-order valence-electron chi connectivity index (χ3n) is 2.78. The maximum absolute atomic E-state index is 13.2. The fraction of sp³-hybridized carbons (Fsp3) is 0.143. The van der Waals surface area contributed by atoms with Crippen LogP contribution in [0, 0.1) is 12.7 Å². The molecule has 0 bridgehead atoms. The number of nitrogens with one attached hydrogen (secondary N) is 2. The van der Waals surface area contributed by atoms with Crippen LogP contribution in [0.25, 0.3) is 0 Å². The summed E-state index contributed by atoms with van der Waals surface area (Å²) in [5.74, 6) is -0.690. The number of aryl methyl sites for hydroxylation is 1. The van der Waals surface area contributed by atoms with E-state index in [1.54, 1.807) is 32.3 Å². The Kier molecular flexibility index (Phi) is 3.75. The van der Waals surface area contributed by atoms with E-state index >= 15 is 0 Å². The molecule has 1 amide bonds. The minimum absolute atomic E-state index is 0.305. The molecule has 0 fully saturated rings. The number of hydrogen-bond acceptors (Lipinski definition) is 3. The number of hydrogen-bond donors (Lipinski definition) is 2. The summed E-state index contributed by atoms with van der Waals surface area (Å²) in [5.41, 5.74) is 2.34. The average Bonchev–Trinajstić information content (AvgIpc) is 2.42. The molecular weight excluding hydrogens is 245 g/mol. The van der Waals surface area contributed by atoms with Crippen LogP contribution < -0.4 is 10.6 Å². The number of halogens is 1. The maximum atomic E-state index is 13.2. The van der Waals surface area contributed by atoms with E-state index in [0.717, 1.165) is 5.56 Å². The SMILES string of the molecule is CNc1cnccc1C(=O)Nc1cc(F)ccc1C. The van der Waals surface area contributed by atoms with Crippen LogP contribution in [-0.4, -0.2) is 17.9 Å². The van der Waals surface area contributed by atoms with Crippen molar-refractivity contribution in [1.29, 1.82) is 0 Å². The van der Waals surface area contributed by atoms with Gasteiger partial charge in [0.25, 0.3) is 5.91 Å². The molecule has 0 aliphatic carbocycles. The summed E-state index contributed by atoms with van der Waals surface area (Å²) in [7, 11) is 1.71. The van der Waals surface area contributed by atoms with E-state index in [9.17, 15) is 9.18 Å². The molecule has 5 heteroatoms. The van der Waals surface area contributed by atoms with Crippen LogP contribution in [0.3, 0.4) is 0 Å². The van der Waals surface area contributed by atoms with Crippen LogP contribution in [0.5, 0.6) is 0 Å².